The lowest BCUT2D eigenvalue weighted by molar-refractivity contribution is -0.141. The van der Waals surface area contributed by atoms with Crippen molar-refractivity contribution in [2.24, 2.45) is 5.92 Å². The van der Waals surface area contributed by atoms with Gasteiger partial charge in [-0.15, -0.1) is 0 Å². The molecule has 1 saturated carbocycles. The molecular formula is C16H27N3O2. The molecule has 118 valence electrons. The van der Waals surface area contributed by atoms with Crippen LogP contribution < -0.4 is 10.6 Å². The summed E-state index contributed by atoms with van der Waals surface area (Å²) in [6, 6.07) is 0.474. The maximum atomic E-state index is 11.6. The molecule has 21 heavy (non-hydrogen) atoms. The van der Waals surface area contributed by atoms with Gasteiger partial charge in [0.2, 0.25) is 0 Å². The van der Waals surface area contributed by atoms with E-state index in [-0.39, 0.29) is 5.92 Å². The normalized spacial score (nSPS) is 39.8. The predicted molar refractivity (Wildman–Crippen MR) is 82.1 cm³/mol. The van der Waals surface area contributed by atoms with Crippen molar-refractivity contribution in [1.82, 2.24) is 15.5 Å². The van der Waals surface area contributed by atoms with Gasteiger partial charge in [0.15, 0.2) is 0 Å². The summed E-state index contributed by atoms with van der Waals surface area (Å²) in [7, 11) is 0. The Hall–Kier alpha value is -0.910. The Balaban J connectivity index is 1.66. The molecule has 0 spiro atoms. The highest BCUT2D eigenvalue weighted by Gasteiger charge is 2.59. The molecule has 3 rings (SSSR count). The lowest BCUT2D eigenvalue weighted by Gasteiger charge is -2.27. The van der Waals surface area contributed by atoms with Gasteiger partial charge in [0.25, 0.3) is 0 Å². The third-order valence-corrected chi connectivity index (χ3v) is 5.21. The summed E-state index contributed by atoms with van der Waals surface area (Å²) in [6.07, 6.45) is 10.8. The molecule has 5 heteroatoms. The lowest BCUT2D eigenvalue weighted by Crippen LogP contribution is -2.49. The van der Waals surface area contributed by atoms with Crippen LogP contribution in [0.2, 0.25) is 0 Å². The number of carboxylic acid groups (broad SMARTS) is 1. The molecule has 3 N–H and O–H groups in total. The molecule has 0 aromatic heterocycles. The van der Waals surface area contributed by atoms with Crippen LogP contribution in [-0.2, 0) is 4.79 Å². The molecule has 0 amide bonds. The molecule has 3 atom stereocenters. The van der Waals surface area contributed by atoms with E-state index in [4.69, 9.17) is 0 Å². The van der Waals surface area contributed by atoms with Gasteiger partial charge in [-0.2, -0.15) is 0 Å². The van der Waals surface area contributed by atoms with E-state index in [1.165, 1.54) is 25.7 Å². The molecule has 2 aliphatic heterocycles. The predicted octanol–water partition coefficient (Wildman–Crippen LogP) is 1.17. The van der Waals surface area contributed by atoms with Gasteiger partial charge in [0.05, 0.1) is 0 Å². The molecule has 2 heterocycles. The van der Waals surface area contributed by atoms with E-state index >= 15 is 0 Å². The second-order valence-electron chi connectivity index (χ2n) is 6.66. The van der Waals surface area contributed by atoms with Gasteiger partial charge in [-0.3, -0.25) is 15.0 Å². The van der Waals surface area contributed by atoms with Crippen LogP contribution in [0, 0.1) is 5.92 Å². The van der Waals surface area contributed by atoms with Crippen molar-refractivity contribution in [1.29, 1.82) is 0 Å². The number of nitrogens with zero attached hydrogens (tertiary/aromatic N) is 1. The van der Waals surface area contributed by atoms with Crippen LogP contribution in [0.4, 0.5) is 0 Å². The standard InChI is InChI=1S/C16H27N3O2/c20-15(21)16-10-13(16)6-3-1-2-4-8-17-12-19-9-5-7-14(19)11-18-16/h3,6,13-14,17-18H,1-2,4-5,7-12H2,(H,20,21)/b6-3-. The van der Waals surface area contributed by atoms with Crippen LogP contribution in [0.25, 0.3) is 0 Å². The first kappa shape index (κ1) is 15.0. The van der Waals surface area contributed by atoms with Gasteiger partial charge < -0.3 is 10.4 Å². The van der Waals surface area contributed by atoms with Crippen LogP contribution in [0.1, 0.15) is 38.5 Å². The minimum Gasteiger partial charge on any atom is -0.480 e. The molecule has 3 aliphatic rings. The van der Waals surface area contributed by atoms with Gasteiger partial charge in [-0.1, -0.05) is 12.2 Å². The van der Waals surface area contributed by atoms with E-state index in [9.17, 15) is 9.90 Å². The zero-order valence-corrected chi connectivity index (χ0v) is 12.7. The third kappa shape index (κ3) is 3.30. The minimum absolute atomic E-state index is 0.172. The molecule has 3 unspecified atom stereocenters. The highest BCUT2D eigenvalue weighted by atomic mass is 16.4. The minimum atomic E-state index is -0.692. The van der Waals surface area contributed by atoms with Gasteiger partial charge in [0.1, 0.15) is 5.54 Å². The summed E-state index contributed by atoms with van der Waals surface area (Å²) in [4.78, 5) is 14.1. The van der Waals surface area contributed by atoms with Crippen LogP contribution in [0.15, 0.2) is 12.2 Å². The van der Waals surface area contributed by atoms with E-state index in [1.807, 2.05) is 0 Å². The molecule has 0 bridgehead atoms. The molecule has 1 saturated heterocycles. The van der Waals surface area contributed by atoms with E-state index in [1.54, 1.807) is 0 Å². The van der Waals surface area contributed by atoms with Crippen molar-refractivity contribution >= 4 is 5.97 Å². The smallest absolute Gasteiger partial charge is 0.324 e. The Morgan fingerprint density at radius 2 is 2.24 bits per heavy atom. The Morgan fingerprint density at radius 3 is 3.10 bits per heavy atom. The Bertz CT molecular complexity index is 412. The molecule has 5 nitrogen and oxygen atoms in total. The van der Waals surface area contributed by atoms with Crippen LogP contribution >= 0.6 is 0 Å². The van der Waals surface area contributed by atoms with E-state index < -0.39 is 11.5 Å². The number of allylic oxidation sites excluding steroid dienone is 1. The highest BCUT2D eigenvalue weighted by molar-refractivity contribution is 5.84. The fourth-order valence-corrected chi connectivity index (χ4v) is 3.67. The molecule has 0 aromatic rings. The van der Waals surface area contributed by atoms with Crippen molar-refractivity contribution in [3.8, 4) is 0 Å². The highest BCUT2D eigenvalue weighted by Crippen LogP contribution is 2.45. The van der Waals surface area contributed by atoms with Crippen LogP contribution in [-0.4, -0.2) is 53.9 Å². The number of nitrogens with one attached hydrogen (secondary N) is 2. The second-order valence-corrected chi connectivity index (χ2v) is 6.66. The largest absolute Gasteiger partial charge is 0.480 e. The zero-order chi connectivity index (χ0) is 14.7. The van der Waals surface area contributed by atoms with Crippen molar-refractivity contribution in [3.05, 3.63) is 12.2 Å². The Labute approximate surface area is 126 Å². The topological polar surface area (TPSA) is 64.6 Å². The second kappa shape index (κ2) is 6.46. The fraction of sp³-hybridized carbons (Fsp3) is 0.812. The Kier molecular flexibility index (Phi) is 4.62. The molecular weight excluding hydrogens is 266 g/mol. The molecule has 2 fully saturated rings. The lowest BCUT2D eigenvalue weighted by atomic mass is 10.1. The van der Waals surface area contributed by atoms with Crippen molar-refractivity contribution in [2.45, 2.75) is 50.1 Å². The first-order valence-electron chi connectivity index (χ1n) is 8.32. The summed E-state index contributed by atoms with van der Waals surface area (Å²) in [5, 5.41) is 16.5. The van der Waals surface area contributed by atoms with Gasteiger partial charge >= 0.3 is 5.97 Å². The summed E-state index contributed by atoms with van der Waals surface area (Å²) in [6.45, 7) is 3.93. The summed E-state index contributed by atoms with van der Waals surface area (Å²) in [5.74, 6) is -0.516. The third-order valence-electron chi connectivity index (χ3n) is 5.21. The average Bonchev–Trinajstić information content (AvgIpc) is 3.00. The number of aliphatic carboxylic acids is 1. The van der Waals surface area contributed by atoms with Crippen molar-refractivity contribution < 1.29 is 9.90 Å². The summed E-state index contributed by atoms with van der Waals surface area (Å²) < 4.78 is 0. The maximum Gasteiger partial charge on any atom is 0.324 e. The zero-order valence-electron chi connectivity index (χ0n) is 12.7. The SMILES string of the molecule is O=C(O)C12CC1/C=C\CCCCNCN1CCCC1CN2. The molecule has 1 aliphatic carbocycles. The first-order valence-corrected chi connectivity index (χ1v) is 8.32. The number of rotatable bonds is 1. The number of fused-ring (bicyclic) bond motifs is 2. The monoisotopic (exact) mass is 293 g/mol. The van der Waals surface area contributed by atoms with Crippen LogP contribution in [0.5, 0.6) is 0 Å². The van der Waals surface area contributed by atoms with Gasteiger partial charge in [-0.25, -0.2) is 0 Å². The number of hydrogen-bond acceptors (Lipinski definition) is 4. The quantitative estimate of drug-likeness (QED) is 0.634. The fourth-order valence-electron chi connectivity index (χ4n) is 3.67. The van der Waals surface area contributed by atoms with E-state index in [0.717, 1.165) is 39.1 Å². The summed E-state index contributed by atoms with van der Waals surface area (Å²) in [5.41, 5.74) is -0.692. The maximum absolute atomic E-state index is 11.6. The number of hydrogen-bond donors (Lipinski definition) is 3. The molecule has 0 aromatic carbocycles. The number of carboxylic acids is 1. The number of carbonyl (C=O) groups is 1. The van der Waals surface area contributed by atoms with E-state index in [2.05, 4.69) is 27.7 Å². The van der Waals surface area contributed by atoms with Crippen molar-refractivity contribution in [2.75, 3.05) is 26.3 Å². The molecule has 0 radical (unpaired) electrons. The average molecular weight is 293 g/mol. The van der Waals surface area contributed by atoms with E-state index in [0.29, 0.717) is 6.04 Å². The van der Waals surface area contributed by atoms with Gasteiger partial charge in [0, 0.05) is 25.2 Å². The van der Waals surface area contributed by atoms with Crippen LogP contribution in [0.3, 0.4) is 0 Å². The Morgan fingerprint density at radius 1 is 1.33 bits per heavy atom. The summed E-state index contributed by atoms with van der Waals surface area (Å²) >= 11 is 0. The van der Waals surface area contributed by atoms with Gasteiger partial charge in [-0.05, 0) is 51.6 Å². The van der Waals surface area contributed by atoms with Crippen molar-refractivity contribution in [3.63, 3.8) is 0 Å². The first-order chi connectivity index (χ1) is 10.2.